The predicted molar refractivity (Wildman–Crippen MR) is 41.3 cm³/mol. The largest absolute Gasteiger partial charge is 0.481 e. The minimum atomic E-state index is -1.38. The minimum Gasteiger partial charge on any atom is -0.481 e. The Kier molecular flexibility index (Phi) is 2.17. The van der Waals surface area contributed by atoms with Crippen LogP contribution < -0.4 is 0 Å². The Morgan fingerprint density at radius 3 is 2.23 bits per heavy atom. The van der Waals surface area contributed by atoms with Crippen molar-refractivity contribution in [3.05, 3.63) is 0 Å². The van der Waals surface area contributed by atoms with Crippen molar-refractivity contribution in [2.24, 2.45) is 5.41 Å². The number of hydrogen-bond donors (Lipinski definition) is 3. The van der Waals surface area contributed by atoms with E-state index in [1.807, 2.05) is 0 Å². The normalized spacial score (nSPS) is 33.4. The zero-order chi connectivity index (χ0) is 10.2. The number of carbonyl (C=O) groups is 2. The fraction of sp³-hybridized carbons (Fsp3) is 0.714. The third-order valence-corrected chi connectivity index (χ3v) is 2.41. The molecule has 0 aromatic rings. The number of nitrogens with zero attached hydrogens (tertiary/aromatic N) is 1. The van der Waals surface area contributed by atoms with Crippen LogP contribution in [0.25, 0.3) is 0 Å². The SMILES string of the molecule is CC1(C(=O)O)CN(C(=O)O)CC1O. The fourth-order valence-electron chi connectivity index (χ4n) is 1.33. The van der Waals surface area contributed by atoms with Crippen LogP contribution in [0.15, 0.2) is 0 Å². The van der Waals surface area contributed by atoms with Crippen LogP contribution in [-0.2, 0) is 4.79 Å². The summed E-state index contributed by atoms with van der Waals surface area (Å²) in [5.41, 5.74) is -1.38. The van der Waals surface area contributed by atoms with Crippen LogP contribution in [-0.4, -0.2) is 51.5 Å². The Morgan fingerprint density at radius 1 is 1.46 bits per heavy atom. The summed E-state index contributed by atoms with van der Waals surface area (Å²) in [6.45, 7) is 1.03. The molecule has 0 aromatic carbocycles. The van der Waals surface area contributed by atoms with Gasteiger partial charge in [-0.05, 0) is 6.92 Å². The number of amides is 1. The predicted octanol–water partition coefficient (Wildman–Crippen LogP) is -0.568. The zero-order valence-electron chi connectivity index (χ0n) is 7.10. The van der Waals surface area contributed by atoms with Crippen LogP contribution in [0.3, 0.4) is 0 Å². The smallest absolute Gasteiger partial charge is 0.407 e. The molecule has 0 aromatic heterocycles. The number of rotatable bonds is 1. The van der Waals surface area contributed by atoms with E-state index >= 15 is 0 Å². The first kappa shape index (κ1) is 9.79. The molecule has 1 amide bonds. The lowest BCUT2D eigenvalue weighted by Gasteiger charge is -2.20. The van der Waals surface area contributed by atoms with Gasteiger partial charge in [-0.3, -0.25) is 4.79 Å². The summed E-state index contributed by atoms with van der Waals surface area (Å²) < 4.78 is 0. The highest BCUT2D eigenvalue weighted by molar-refractivity contribution is 5.78. The van der Waals surface area contributed by atoms with Crippen LogP contribution in [0.5, 0.6) is 0 Å². The maximum absolute atomic E-state index is 10.7. The first-order valence-corrected chi connectivity index (χ1v) is 3.77. The number of likely N-dealkylation sites (tertiary alicyclic amines) is 1. The molecule has 1 rings (SSSR count). The molecule has 0 bridgehead atoms. The maximum Gasteiger partial charge on any atom is 0.407 e. The van der Waals surface area contributed by atoms with Crippen LogP contribution in [0.1, 0.15) is 6.92 Å². The molecule has 0 aliphatic carbocycles. The van der Waals surface area contributed by atoms with E-state index in [9.17, 15) is 14.7 Å². The molecule has 0 radical (unpaired) electrons. The number of aliphatic hydroxyl groups is 1. The third-order valence-electron chi connectivity index (χ3n) is 2.41. The zero-order valence-corrected chi connectivity index (χ0v) is 7.10. The highest BCUT2D eigenvalue weighted by atomic mass is 16.4. The van der Waals surface area contributed by atoms with Gasteiger partial charge in [0.25, 0.3) is 0 Å². The Morgan fingerprint density at radius 2 is 2.00 bits per heavy atom. The molecule has 1 saturated heterocycles. The first-order valence-electron chi connectivity index (χ1n) is 3.77. The molecule has 74 valence electrons. The van der Waals surface area contributed by atoms with Crippen molar-refractivity contribution in [2.75, 3.05) is 13.1 Å². The monoisotopic (exact) mass is 189 g/mol. The van der Waals surface area contributed by atoms with Crippen molar-refractivity contribution >= 4 is 12.1 Å². The maximum atomic E-state index is 10.7. The number of aliphatic carboxylic acids is 1. The van der Waals surface area contributed by atoms with Crippen LogP contribution in [0.2, 0.25) is 0 Å². The van der Waals surface area contributed by atoms with Crippen molar-refractivity contribution < 1.29 is 24.9 Å². The molecule has 1 aliphatic rings. The average Bonchev–Trinajstić information content (AvgIpc) is 2.30. The summed E-state index contributed by atoms with van der Waals surface area (Å²) in [4.78, 5) is 22.1. The molecule has 3 N–H and O–H groups in total. The standard InChI is InChI=1S/C7H11NO5/c1-7(5(10)11)3-8(6(12)13)2-4(7)9/h4,9H,2-3H2,1H3,(H,10,11)(H,12,13). The Hall–Kier alpha value is -1.30. The molecular formula is C7H11NO5. The lowest BCUT2D eigenvalue weighted by atomic mass is 9.87. The molecule has 0 spiro atoms. The molecular weight excluding hydrogens is 178 g/mol. The van der Waals surface area contributed by atoms with Crippen molar-refractivity contribution in [2.45, 2.75) is 13.0 Å². The molecule has 2 unspecified atom stereocenters. The summed E-state index contributed by atoms with van der Waals surface area (Å²) >= 11 is 0. The lowest BCUT2D eigenvalue weighted by Crippen LogP contribution is -2.39. The molecule has 6 heteroatoms. The Bertz CT molecular complexity index is 253. The van der Waals surface area contributed by atoms with Crippen LogP contribution in [0.4, 0.5) is 4.79 Å². The number of β-amino-alcohol motifs (C(OH)–C–C–N with tert-alkyl or cyclic N) is 1. The fourth-order valence-corrected chi connectivity index (χ4v) is 1.33. The molecule has 1 heterocycles. The van der Waals surface area contributed by atoms with E-state index in [1.165, 1.54) is 6.92 Å². The third kappa shape index (κ3) is 1.44. The molecule has 0 saturated carbocycles. The van der Waals surface area contributed by atoms with Crippen molar-refractivity contribution in [3.63, 3.8) is 0 Å². The van der Waals surface area contributed by atoms with E-state index in [-0.39, 0.29) is 13.1 Å². The second-order valence-electron chi connectivity index (χ2n) is 3.40. The number of carboxylic acids is 1. The number of aliphatic hydroxyl groups excluding tert-OH is 1. The van der Waals surface area contributed by atoms with Gasteiger partial charge in [0.1, 0.15) is 5.41 Å². The van der Waals surface area contributed by atoms with Crippen molar-refractivity contribution in [1.82, 2.24) is 4.90 Å². The number of hydrogen-bond acceptors (Lipinski definition) is 3. The highest BCUT2D eigenvalue weighted by Crippen LogP contribution is 2.30. The van der Waals surface area contributed by atoms with E-state index in [4.69, 9.17) is 10.2 Å². The summed E-state index contributed by atoms with van der Waals surface area (Å²) in [5, 5.41) is 26.7. The lowest BCUT2D eigenvalue weighted by molar-refractivity contribution is -0.151. The van der Waals surface area contributed by atoms with Gasteiger partial charge in [0, 0.05) is 6.54 Å². The van der Waals surface area contributed by atoms with Crippen molar-refractivity contribution in [1.29, 1.82) is 0 Å². The second kappa shape index (κ2) is 2.88. The van der Waals surface area contributed by atoms with Gasteiger partial charge in [-0.25, -0.2) is 4.79 Å². The van der Waals surface area contributed by atoms with Gasteiger partial charge in [-0.1, -0.05) is 0 Å². The molecule has 1 aliphatic heterocycles. The van der Waals surface area contributed by atoms with E-state index in [2.05, 4.69) is 0 Å². The quantitative estimate of drug-likeness (QED) is 0.513. The van der Waals surface area contributed by atoms with Gasteiger partial charge >= 0.3 is 12.1 Å². The molecule has 2 atom stereocenters. The van der Waals surface area contributed by atoms with Gasteiger partial charge in [-0.2, -0.15) is 0 Å². The van der Waals surface area contributed by atoms with E-state index in [0.717, 1.165) is 4.90 Å². The van der Waals surface area contributed by atoms with E-state index in [1.54, 1.807) is 0 Å². The summed E-state index contributed by atoms with van der Waals surface area (Å²) in [5.74, 6) is -1.18. The second-order valence-corrected chi connectivity index (χ2v) is 3.40. The van der Waals surface area contributed by atoms with Crippen LogP contribution in [0, 0.1) is 5.41 Å². The van der Waals surface area contributed by atoms with Gasteiger partial charge in [-0.15, -0.1) is 0 Å². The van der Waals surface area contributed by atoms with Crippen LogP contribution >= 0.6 is 0 Å². The Labute approximate surface area is 74.4 Å². The molecule has 13 heavy (non-hydrogen) atoms. The van der Waals surface area contributed by atoms with Gasteiger partial charge in [0.15, 0.2) is 0 Å². The first-order chi connectivity index (χ1) is 5.88. The van der Waals surface area contributed by atoms with Gasteiger partial charge < -0.3 is 20.2 Å². The molecule has 1 fully saturated rings. The average molecular weight is 189 g/mol. The topological polar surface area (TPSA) is 98.1 Å². The van der Waals surface area contributed by atoms with Crippen molar-refractivity contribution in [3.8, 4) is 0 Å². The summed E-state index contributed by atoms with van der Waals surface area (Å²) in [6, 6.07) is 0. The Balaban J connectivity index is 2.82. The summed E-state index contributed by atoms with van der Waals surface area (Å²) in [6.07, 6.45) is -2.34. The van der Waals surface area contributed by atoms with Gasteiger partial charge in [0.2, 0.25) is 0 Å². The highest BCUT2D eigenvalue weighted by Gasteiger charge is 2.49. The van der Waals surface area contributed by atoms with E-state index in [0.29, 0.717) is 0 Å². The number of carboxylic acid groups (broad SMARTS) is 2. The minimum absolute atomic E-state index is 0.141. The molecule has 6 nitrogen and oxygen atoms in total. The summed E-state index contributed by atoms with van der Waals surface area (Å²) in [7, 11) is 0. The van der Waals surface area contributed by atoms with E-state index < -0.39 is 23.6 Å². The van der Waals surface area contributed by atoms with Gasteiger partial charge in [0.05, 0.1) is 12.6 Å².